The number of rotatable bonds is 5. The second-order valence-electron chi connectivity index (χ2n) is 5.46. The minimum absolute atomic E-state index is 0.752. The van der Waals surface area contributed by atoms with Crippen molar-refractivity contribution in [3.05, 3.63) is 91.3 Å². The van der Waals surface area contributed by atoms with Crippen molar-refractivity contribution in [2.45, 2.75) is 6.54 Å². The number of nitrogens with one attached hydrogen (secondary N) is 1. The van der Waals surface area contributed by atoms with Crippen LogP contribution >= 0.6 is 0 Å². The van der Waals surface area contributed by atoms with Gasteiger partial charge in [-0.25, -0.2) is 9.67 Å². The fourth-order valence-electron chi connectivity index (χ4n) is 2.63. The number of aromatic nitrogens is 4. The summed E-state index contributed by atoms with van der Waals surface area (Å²) in [5, 5.41) is 7.80. The van der Waals surface area contributed by atoms with E-state index in [1.54, 1.807) is 18.7 Å². The predicted molar refractivity (Wildman–Crippen MR) is 94.5 cm³/mol. The van der Waals surface area contributed by atoms with Gasteiger partial charge in [0.15, 0.2) is 0 Å². The summed E-state index contributed by atoms with van der Waals surface area (Å²) in [7, 11) is 0. The Morgan fingerprint density at radius 2 is 1.75 bits per heavy atom. The smallest absolute Gasteiger partial charge is 0.0991 e. The van der Waals surface area contributed by atoms with Gasteiger partial charge >= 0.3 is 0 Å². The standard InChI is InChI=1S/C19H17N5/c1-2-5-19(24-12-3-10-22-24)18(4-1)21-14-16-6-8-17(9-7-16)23-13-11-20-15-23/h1-13,15,21H,14H2. The van der Waals surface area contributed by atoms with Crippen LogP contribution in [0, 0.1) is 0 Å². The van der Waals surface area contributed by atoms with Gasteiger partial charge in [-0.05, 0) is 35.9 Å². The molecular weight excluding hydrogens is 298 g/mol. The summed E-state index contributed by atoms with van der Waals surface area (Å²) < 4.78 is 3.86. The van der Waals surface area contributed by atoms with Crippen LogP contribution < -0.4 is 5.32 Å². The first-order valence-corrected chi connectivity index (χ1v) is 7.80. The second-order valence-corrected chi connectivity index (χ2v) is 5.46. The van der Waals surface area contributed by atoms with Crippen molar-refractivity contribution in [1.82, 2.24) is 19.3 Å². The van der Waals surface area contributed by atoms with E-state index in [2.05, 4.69) is 51.8 Å². The highest BCUT2D eigenvalue weighted by atomic mass is 15.3. The largest absolute Gasteiger partial charge is 0.379 e. The Hall–Kier alpha value is -3.34. The average Bonchev–Trinajstić information content (AvgIpc) is 3.34. The lowest BCUT2D eigenvalue weighted by Gasteiger charge is -2.12. The van der Waals surface area contributed by atoms with Gasteiger partial charge in [-0.1, -0.05) is 24.3 Å². The summed E-state index contributed by atoms with van der Waals surface area (Å²) in [6.45, 7) is 0.752. The maximum absolute atomic E-state index is 4.31. The summed E-state index contributed by atoms with van der Waals surface area (Å²) in [5.74, 6) is 0. The number of benzene rings is 2. The van der Waals surface area contributed by atoms with Gasteiger partial charge in [0.2, 0.25) is 0 Å². The summed E-state index contributed by atoms with van der Waals surface area (Å²) in [4.78, 5) is 4.07. The lowest BCUT2D eigenvalue weighted by molar-refractivity contribution is 0.879. The first-order valence-electron chi connectivity index (χ1n) is 7.80. The van der Waals surface area contributed by atoms with Crippen LogP contribution in [-0.2, 0) is 6.54 Å². The summed E-state index contributed by atoms with van der Waals surface area (Å²) >= 11 is 0. The second kappa shape index (κ2) is 6.42. The van der Waals surface area contributed by atoms with Crippen LogP contribution in [0.5, 0.6) is 0 Å². The predicted octanol–water partition coefficient (Wildman–Crippen LogP) is 3.67. The number of hydrogen-bond donors (Lipinski definition) is 1. The molecule has 0 aliphatic rings. The van der Waals surface area contributed by atoms with Crippen molar-refractivity contribution < 1.29 is 0 Å². The lowest BCUT2D eigenvalue weighted by Crippen LogP contribution is -2.05. The average molecular weight is 315 g/mol. The van der Waals surface area contributed by atoms with Crippen LogP contribution in [-0.4, -0.2) is 19.3 Å². The van der Waals surface area contributed by atoms with Crippen LogP contribution in [0.15, 0.2) is 85.7 Å². The summed E-state index contributed by atoms with van der Waals surface area (Å²) in [6, 6.07) is 18.5. The molecule has 0 saturated heterocycles. The van der Waals surface area contributed by atoms with Crippen LogP contribution in [0.2, 0.25) is 0 Å². The van der Waals surface area contributed by atoms with Crippen molar-refractivity contribution in [3.63, 3.8) is 0 Å². The van der Waals surface area contributed by atoms with Crippen molar-refractivity contribution in [2.75, 3.05) is 5.32 Å². The SMILES string of the molecule is c1ccc(-n2cccn2)c(NCc2ccc(-n3ccnc3)cc2)c1. The normalized spacial score (nSPS) is 10.7. The van der Waals surface area contributed by atoms with Crippen molar-refractivity contribution in [2.24, 2.45) is 0 Å². The molecule has 0 atom stereocenters. The monoisotopic (exact) mass is 315 g/mol. The molecule has 1 N–H and O–H groups in total. The van der Waals surface area contributed by atoms with E-state index < -0.39 is 0 Å². The molecule has 0 spiro atoms. The number of anilines is 1. The Morgan fingerprint density at radius 3 is 2.50 bits per heavy atom. The molecule has 0 bridgehead atoms. The van der Waals surface area contributed by atoms with Crippen LogP contribution in [0.25, 0.3) is 11.4 Å². The molecule has 2 aromatic heterocycles. The van der Waals surface area contributed by atoms with Crippen LogP contribution in [0.3, 0.4) is 0 Å². The highest BCUT2D eigenvalue weighted by molar-refractivity contribution is 5.60. The van der Waals surface area contributed by atoms with E-state index in [9.17, 15) is 0 Å². The third-order valence-electron chi connectivity index (χ3n) is 3.88. The van der Waals surface area contributed by atoms with Crippen molar-refractivity contribution in [3.8, 4) is 11.4 Å². The van der Waals surface area contributed by atoms with Gasteiger partial charge in [0.1, 0.15) is 0 Å². The molecule has 0 unspecified atom stereocenters. The minimum atomic E-state index is 0.752. The molecule has 5 nitrogen and oxygen atoms in total. The van der Waals surface area contributed by atoms with Gasteiger partial charge in [0.05, 0.1) is 17.7 Å². The summed E-state index contributed by atoms with van der Waals surface area (Å²) in [5.41, 5.74) is 4.42. The van der Waals surface area contributed by atoms with Gasteiger partial charge in [-0.2, -0.15) is 5.10 Å². The van der Waals surface area contributed by atoms with Gasteiger partial charge < -0.3 is 9.88 Å². The first-order chi connectivity index (χ1) is 11.9. The maximum Gasteiger partial charge on any atom is 0.0991 e. The molecular formula is C19H17N5. The third-order valence-corrected chi connectivity index (χ3v) is 3.88. The quantitative estimate of drug-likeness (QED) is 0.611. The number of imidazole rings is 1. The topological polar surface area (TPSA) is 47.7 Å². The molecule has 0 saturated carbocycles. The highest BCUT2D eigenvalue weighted by Gasteiger charge is 2.04. The molecule has 24 heavy (non-hydrogen) atoms. The Kier molecular flexibility index (Phi) is 3.81. The zero-order valence-electron chi connectivity index (χ0n) is 13.1. The molecule has 118 valence electrons. The van der Waals surface area contributed by atoms with Crippen LogP contribution in [0.1, 0.15) is 5.56 Å². The van der Waals surface area contributed by atoms with E-state index >= 15 is 0 Å². The zero-order chi connectivity index (χ0) is 16.2. The Balaban J connectivity index is 1.50. The zero-order valence-corrected chi connectivity index (χ0v) is 13.1. The molecule has 0 fully saturated rings. The van der Waals surface area contributed by atoms with E-state index in [1.807, 2.05) is 39.8 Å². The Labute approximate surface area is 140 Å². The molecule has 0 aliphatic carbocycles. The third kappa shape index (κ3) is 2.92. The van der Waals surface area contributed by atoms with E-state index in [4.69, 9.17) is 0 Å². The molecule has 2 heterocycles. The van der Waals surface area contributed by atoms with E-state index in [0.717, 1.165) is 23.6 Å². The van der Waals surface area contributed by atoms with Crippen molar-refractivity contribution >= 4 is 5.69 Å². The minimum Gasteiger partial charge on any atom is -0.379 e. The molecule has 4 aromatic rings. The fourth-order valence-corrected chi connectivity index (χ4v) is 2.63. The van der Waals surface area contributed by atoms with Crippen molar-refractivity contribution in [1.29, 1.82) is 0 Å². The fraction of sp³-hybridized carbons (Fsp3) is 0.0526. The van der Waals surface area contributed by atoms with E-state index in [1.165, 1.54) is 5.56 Å². The van der Waals surface area contributed by atoms with Gasteiger partial charge in [-0.3, -0.25) is 0 Å². The Morgan fingerprint density at radius 1 is 0.875 bits per heavy atom. The number of para-hydroxylation sites is 2. The molecule has 2 aromatic carbocycles. The number of nitrogens with zero attached hydrogens (tertiary/aromatic N) is 4. The van der Waals surface area contributed by atoms with E-state index in [0.29, 0.717) is 0 Å². The first kappa shape index (κ1) is 14.3. The van der Waals surface area contributed by atoms with E-state index in [-0.39, 0.29) is 0 Å². The molecule has 0 aliphatic heterocycles. The maximum atomic E-state index is 4.31. The molecule has 0 amide bonds. The number of hydrogen-bond acceptors (Lipinski definition) is 3. The van der Waals surface area contributed by atoms with Gasteiger partial charge in [0, 0.05) is 37.0 Å². The highest BCUT2D eigenvalue weighted by Crippen LogP contribution is 2.20. The molecule has 5 heteroatoms. The summed E-state index contributed by atoms with van der Waals surface area (Å²) in [6.07, 6.45) is 9.24. The Bertz CT molecular complexity index is 893. The van der Waals surface area contributed by atoms with Gasteiger partial charge in [0.25, 0.3) is 0 Å². The molecule has 4 rings (SSSR count). The molecule has 0 radical (unpaired) electrons. The van der Waals surface area contributed by atoms with Gasteiger partial charge in [-0.15, -0.1) is 0 Å². The lowest BCUT2D eigenvalue weighted by atomic mass is 10.2. The van der Waals surface area contributed by atoms with Crippen LogP contribution in [0.4, 0.5) is 5.69 Å².